The topological polar surface area (TPSA) is 93.2 Å². The van der Waals surface area contributed by atoms with E-state index in [-0.39, 0.29) is 11.7 Å². The van der Waals surface area contributed by atoms with Crippen molar-refractivity contribution in [3.8, 4) is 0 Å². The fourth-order valence-corrected chi connectivity index (χ4v) is 2.00. The van der Waals surface area contributed by atoms with Crippen molar-refractivity contribution in [3.05, 3.63) is 58.4 Å². The number of nitrogens with one attached hydrogen (secondary N) is 1. The van der Waals surface area contributed by atoms with Gasteiger partial charge in [0.25, 0.3) is 5.69 Å². The predicted molar refractivity (Wildman–Crippen MR) is 77.7 cm³/mol. The number of rotatable bonds is 7. The number of aliphatic hydroxyl groups excluding tert-OH is 1. The van der Waals surface area contributed by atoms with Crippen LogP contribution in [0.5, 0.6) is 0 Å². The lowest BCUT2D eigenvalue weighted by Crippen LogP contribution is -2.33. The fraction of sp³-hybridized carbons (Fsp3) is 0.357. The monoisotopic (exact) mass is 290 g/mol. The van der Waals surface area contributed by atoms with Gasteiger partial charge in [0.05, 0.1) is 17.6 Å². The van der Waals surface area contributed by atoms with Gasteiger partial charge in [0.15, 0.2) is 0 Å². The first-order valence-electron chi connectivity index (χ1n) is 6.69. The van der Waals surface area contributed by atoms with E-state index in [2.05, 4.69) is 10.4 Å². The van der Waals surface area contributed by atoms with Gasteiger partial charge < -0.3 is 10.4 Å². The van der Waals surface area contributed by atoms with Crippen LogP contribution in [0, 0.1) is 10.1 Å². The third-order valence-electron chi connectivity index (χ3n) is 3.17. The van der Waals surface area contributed by atoms with Crippen molar-refractivity contribution in [2.45, 2.75) is 25.6 Å². The molecule has 1 aromatic heterocycles. The average molecular weight is 290 g/mol. The minimum absolute atomic E-state index is 0.0194. The molecule has 0 radical (unpaired) electrons. The minimum Gasteiger partial charge on any atom is -0.387 e. The molecule has 21 heavy (non-hydrogen) atoms. The zero-order chi connectivity index (χ0) is 15.2. The Hall–Kier alpha value is -2.25. The number of non-ortho nitro benzene ring substituents is 1. The van der Waals surface area contributed by atoms with Crippen LogP contribution in [0.3, 0.4) is 0 Å². The van der Waals surface area contributed by atoms with Gasteiger partial charge in [-0.3, -0.25) is 14.8 Å². The Morgan fingerprint density at radius 2 is 2.14 bits per heavy atom. The maximum Gasteiger partial charge on any atom is 0.269 e. The highest BCUT2D eigenvalue weighted by Crippen LogP contribution is 2.17. The number of aliphatic hydroxyl groups is 1. The maximum absolute atomic E-state index is 10.6. The summed E-state index contributed by atoms with van der Waals surface area (Å²) >= 11 is 0. The van der Waals surface area contributed by atoms with Gasteiger partial charge in [0.1, 0.15) is 0 Å². The Bertz CT molecular complexity index is 568. The van der Waals surface area contributed by atoms with Crippen molar-refractivity contribution >= 4 is 5.69 Å². The van der Waals surface area contributed by atoms with Crippen LogP contribution in [0.2, 0.25) is 0 Å². The Labute approximate surface area is 122 Å². The van der Waals surface area contributed by atoms with Crippen LogP contribution >= 0.6 is 0 Å². The molecule has 0 fully saturated rings. The van der Waals surface area contributed by atoms with Crippen LogP contribution in [-0.4, -0.2) is 32.4 Å². The number of benzene rings is 1. The summed E-state index contributed by atoms with van der Waals surface area (Å²) in [6.07, 6.45) is 2.90. The molecule has 1 heterocycles. The third kappa shape index (κ3) is 4.37. The summed E-state index contributed by atoms with van der Waals surface area (Å²) in [5.41, 5.74) is 0.672. The smallest absolute Gasteiger partial charge is 0.269 e. The van der Waals surface area contributed by atoms with Crippen molar-refractivity contribution in [1.29, 1.82) is 0 Å². The molecule has 2 unspecified atom stereocenters. The molecule has 0 aliphatic heterocycles. The zero-order valence-corrected chi connectivity index (χ0v) is 11.7. The predicted octanol–water partition coefficient (Wildman–Crippen LogP) is 1.50. The lowest BCUT2D eigenvalue weighted by Gasteiger charge is -2.17. The molecule has 7 nitrogen and oxygen atoms in total. The second-order valence-electron chi connectivity index (χ2n) is 4.90. The van der Waals surface area contributed by atoms with E-state index in [1.165, 1.54) is 12.1 Å². The lowest BCUT2D eigenvalue weighted by molar-refractivity contribution is -0.384. The normalized spacial score (nSPS) is 13.8. The standard InChI is InChI=1S/C14H18N4O3/c1-11(10-17-8-2-7-16-17)15-9-14(19)12-3-5-13(6-4-12)18(20)21/h2-8,11,14-15,19H,9-10H2,1H3. The molecule has 1 aromatic carbocycles. The molecule has 0 aliphatic rings. The number of hydrogen-bond donors (Lipinski definition) is 2. The highest BCUT2D eigenvalue weighted by molar-refractivity contribution is 5.33. The molecule has 0 saturated heterocycles. The number of hydrogen-bond acceptors (Lipinski definition) is 5. The maximum atomic E-state index is 10.6. The van der Waals surface area contributed by atoms with E-state index in [1.807, 2.05) is 23.9 Å². The Balaban J connectivity index is 1.83. The summed E-state index contributed by atoms with van der Waals surface area (Å²) in [4.78, 5) is 10.1. The van der Waals surface area contributed by atoms with Gasteiger partial charge in [-0.05, 0) is 30.7 Å². The van der Waals surface area contributed by atoms with E-state index >= 15 is 0 Å². The largest absolute Gasteiger partial charge is 0.387 e. The first-order valence-corrected chi connectivity index (χ1v) is 6.69. The summed E-state index contributed by atoms with van der Waals surface area (Å²) in [7, 11) is 0. The van der Waals surface area contributed by atoms with E-state index in [0.717, 1.165) is 0 Å². The van der Waals surface area contributed by atoms with Gasteiger partial charge in [0, 0.05) is 37.1 Å². The second-order valence-corrected chi connectivity index (χ2v) is 4.90. The Morgan fingerprint density at radius 3 is 2.71 bits per heavy atom. The van der Waals surface area contributed by atoms with Crippen LogP contribution in [-0.2, 0) is 6.54 Å². The van der Waals surface area contributed by atoms with Crippen molar-refractivity contribution in [2.75, 3.05) is 6.54 Å². The van der Waals surface area contributed by atoms with Crippen molar-refractivity contribution in [3.63, 3.8) is 0 Å². The average Bonchev–Trinajstić information content (AvgIpc) is 2.97. The first-order chi connectivity index (χ1) is 10.1. The summed E-state index contributed by atoms with van der Waals surface area (Å²) in [5, 5.41) is 28.0. The molecule has 0 saturated carbocycles. The molecule has 0 amide bonds. The Morgan fingerprint density at radius 1 is 1.43 bits per heavy atom. The van der Waals surface area contributed by atoms with Gasteiger partial charge >= 0.3 is 0 Å². The number of aromatic nitrogens is 2. The van der Waals surface area contributed by atoms with Gasteiger partial charge in [0.2, 0.25) is 0 Å². The van der Waals surface area contributed by atoms with E-state index in [9.17, 15) is 15.2 Å². The summed E-state index contributed by atoms with van der Waals surface area (Å²) in [6, 6.07) is 7.94. The van der Waals surface area contributed by atoms with Gasteiger partial charge in [-0.1, -0.05) is 0 Å². The first kappa shape index (κ1) is 15.1. The molecule has 0 bridgehead atoms. The highest BCUT2D eigenvalue weighted by atomic mass is 16.6. The third-order valence-corrected chi connectivity index (χ3v) is 3.17. The molecule has 2 rings (SSSR count). The van der Waals surface area contributed by atoms with Crippen molar-refractivity contribution < 1.29 is 10.0 Å². The summed E-state index contributed by atoms with van der Waals surface area (Å²) in [5.74, 6) is 0. The molecule has 7 heteroatoms. The van der Waals surface area contributed by atoms with Gasteiger partial charge in [-0.2, -0.15) is 5.10 Å². The molecule has 0 spiro atoms. The van der Waals surface area contributed by atoms with Crippen molar-refractivity contribution in [2.24, 2.45) is 0 Å². The quantitative estimate of drug-likeness (QED) is 0.595. The molecular formula is C14H18N4O3. The Kier molecular flexibility index (Phi) is 5.02. The lowest BCUT2D eigenvalue weighted by atomic mass is 10.1. The summed E-state index contributed by atoms with van der Waals surface area (Å²) in [6.45, 7) is 3.09. The number of nitrogens with zero attached hydrogens (tertiary/aromatic N) is 3. The van der Waals surface area contributed by atoms with Crippen LogP contribution in [0.15, 0.2) is 42.7 Å². The molecule has 112 valence electrons. The second kappa shape index (κ2) is 6.96. The molecule has 2 N–H and O–H groups in total. The van der Waals surface area contributed by atoms with Crippen LogP contribution in [0.25, 0.3) is 0 Å². The minimum atomic E-state index is -0.703. The van der Waals surface area contributed by atoms with Crippen LogP contribution in [0.1, 0.15) is 18.6 Å². The summed E-state index contributed by atoms with van der Waals surface area (Å²) < 4.78 is 1.82. The van der Waals surface area contributed by atoms with Gasteiger partial charge in [-0.15, -0.1) is 0 Å². The highest BCUT2D eigenvalue weighted by Gasteiger charge is 2.12. The molecular weight excluding hydrogens is 272 g/mol. The van der Waals surface area contributed by atoms with Gasteiger partial charge in [-0.25, -0.2) is 0 Å². The van der Waals surface area contributed by atoms with E-state index < -0.39 is 11.0 Å². The van der Waals surface area contributed by atoms with Crippen molar-refractivity contribution in [1.82, 2.24) is 15.1 Å². The van der Waals surface area contributed by atoms with E-state index in [0.29, 0.717) is 18.7 Å². The van der Waals surface area contributed by atoms with E-state index in [1.54, 1.807) is 18.3 Å². The SMILES string of the molecule is CC(Cn1cccn1)NCC(O)c1ccc([N+](=O)[O-])cc1. The fourth-order valence-electron chi connectivity index (χ4n) is 2.00. The number of nitro benzene ring substituents is 1. The van der Waals surface area contributed by atoms with E-state index in [4.69, 9.17) is 0 Å². The van der Waals surface area contributed by atoms with Crippen LogP contribution in [0.4, 0.5) is 5.69 Å². The zero-order valence-electron chi connectivity index (χ0n) is 11.7. The molecule has 2 atom stereocenters. The van der Waals surface area contributed by atoms with Crippen LogP contribution < -0.4 is 5.32 Å². The molecule has 0 aliphatic carbocycles. The number of nitro groups is 1. The molecule has 2 aromatic rings.